The number of nitrogens with zero attached hydrogens (tertiary/aromatic N) is 3. The van der Waals surface area contributed by atoms with Gasteiger partial charge in [-0.15, -0.1) is 0 Å². The Morgan fingerprint density at radius 3 is 2.73 bits per heavy atom. The molecule has 0 fully saturated rings. The monoisotopic (exact) mass is 460 g/mol. The number of ketones is 1. The minimum Gasteiger partial charge on any atom is -0.496 e. The number of hydrogen-bond acceptors (Lipinski definition) is 5. The average Bonchev–Trinajstić information content (AvgIpc) is 3.40. The van der Waals surface area contributed by atoms with Crippen LogP contribution < -0.4 is 4.74 Å². The second-order valence-corrected chi connectivity index (χ2v) is 15.0. The van der Waals surface area contributed by atoms with Crippen LogP contribution in [0.2, 0.25) is 25.7 Å². The van der Waals surface area contributed by atoms with Crippen molar-refractivity contribution < 1.29 is 14.3 Å². The lowest BCUT2D eigenvalue weighted by Gasteiger charge is -2.16. The Morgan fingerprint density at radius 1 is 1.24 bits per heavy atom. The van der Waals surface area contributed by atoms with Gasteiger partial charge >= 0.3 is 0 Å². The zero-order valence-corrected chi connectivity index (χ0v) is 20.7. The maximum absolute atomic E-state index is 13.9. The van der Waals surface area contributed by atoms with Gasteiger partial charge in [0.2, 0.25) is 5.78 Å². The Bertz CT molecular complexity index is 1390. The third-order valence-electron chi connectivity index (χ3n) is 5.75. The van der Waals surface area contributed by atoms with Gasteiger partial charge in [-0.1, -0.05) is 19.6 Å². The molecule has 2 aromatic carbocycles. The number of H-pyrrole nitrogens is 1. The molecule has 0 aliphatic rings. The molecule has 7 nitrogen and oxygen atoms in total. The predicted molar refractivity (Wildman–Crippen MR) is 132 cm³/mol. The zero-order valence-electron chi connectivity index (χ0n) is 19.7. The fourth-order valence-electron chi connectivity index (χ4n) is 3.92. The van der Waals surface area contributed by atoms with Crippen LogP contribution in [-0.2, 0) is 11.5 Å². The highest BCUT2D eigenvalue weighted by Crippen LogP contribution is 2.33. The lowest BCUT2D eigenvalue weighted by atomic mass is 10.0. The van der Waals surface area contributed by atoms with Crippen molar-refractivity contribution in [1.29, 1.82) is 5.26 Å². The van der Waals surface area contributed by atoms with E-state index in [2.05, 4.69) is 35.7 Å². The van der Waals surface area contributed by atoms with Crippen molar-refractivity contribution in [2.24, 2.45) is 0 Å². The van der Waals surface area contributed by atoms with Gasteiger partial charge in [0.1, 0.15) is 12.5 Å². The molecule has 0 saturated heterocycles. The number of methoxy groups -OCH3 is 1. The molecule has 1 N–H and O–H groups in total. The molecular weight excluding hydrogens is 432 g/mol. The van der Waals surface area contributed by atoms with Crippen LogP contribution >= 0.6 is 0 Å². The molecule has 170 valence electrons. The summed E-state index contributed by atoms with van der Waals surface area (Å²) in [5.74, 6) is 0.512. The molecule has 0 unspecified atom stereocenters. The average molecular weight is 461 g/mol. The number of carbonyl (C=O) groups is 1. The molecule has 0 atom stereocenters. The number of aryl methyl sites for hydroxylation is 1. The van der Waals surface area contributed by atoms with E-state index in [0.717, 1.165) is 22.5 Å². The van der Waals surface area contributed by atoms with Gasteiger partial charge in [0, 0.05) is 31.8 Å². The van der Waals surface area contributed by atoms with Crippen LogP contribution in [0.1, 0.15) is 27.3 Å². The van der Waals surface area contributed by atoms with Crippen molar-refractivity contribution in [3.05, 3.63) is 59.0 Å². The summed E-state index contributed by atoms with van der Waals surface area (Å²) < 4.78 is 13.4. The van der Waals surface area contributed by atoms with E-state index >= 15 is 0 Å². The summed E-state index contributed by atoms with van der Waals surface area (Å²) in [6.45, 7) is 9.65. The number of hydrogen-bond donors (Lipinski definition) is 1. The fraction of sp³-hybridized carbons (Fsp3) is 0.320. The van der Waals surface area contributed by atoms with Gasteiger partial charge in [-0.25, -0.2) is 4.98 Å². The molecule has 4 aromatic rings. The van der Waals surface area contributed by atoms with Crippen LogP contribution in [0.15, 0.2) is 36.5 Å². The summed E-state index contributed by atoms with van der Waals surface area (Å²) >= 11 is 0. The number of ether oxygens (including phenoxy) is 2. The van der Waals surface area contributed by atoms with E-state index in [0.29, 0.717) is 34.5 Å². The van der Waals surface area contributed by atoms with Gasteiger partial charge < -0.3 is 14.5 Å². The Kier molecular flexibility index (Phi) is 6.10. The van der Waals surface area contributed by atoms with Crippen LogP contribution in [0.3, 0.4) is 0 Å². The standard InChI is InChI=1S/C25H28N4O3Si/c1-16-12-21(31-2)22(18-8-9-27-23(16)18)24(30)25-28-19-7-6-17(14-26)13-20(19)29(25)15-32-10-11-33(3,4)5/h6-9,12-13,27H,10-11,15H2,1-5H3. The van der Waals surface area contributed by atoms with Crippen LogP contribution in [0, 0.1) is 18.3 Å². The number of benzene rings is 2. The maximum Gasteiger partial charge on any atom is 0.232 e. The molecule has 2 heterocycles. The molecule has 0 spiro atoms. The van der Waals surface area contributed by atoms with Crippen molar-refractivity contribution in [1.82, 2.24) is 14.5 Å². The number of imidazole rings is 1. The summed E-state index contributed by atoms with van der Waals surface area (Å²) in [6.07, 6.45) is 1.82. The second kappa shape index (κ2) is 8.85. The third-order valence-corrected chi connectivity index (χ3v) is 7.45. The van der Waals surface area contributed by atoms with E-state index in [4.69, 9.17) is 9.47 Å². The summed E-state index contributed by atoms with van der Waals surface area (Å²) in [4.78, 5) is 21.7. The largest absolute Gasteiger partial charge is 0.496 e. The van der Waals surface area contributed by atoms with Crippen molar-refractivity contribution in [3.8, 4) is 11.8 Å². The Balaban J connectivity index is 1.83. The molecular formula is C25H28N4O3Si. The van der Waals surface area contributed by atoms with Crippen molar-refractivity contribution >= 4 is 35.8 Å². The van der Waals surface area contributed by atoms with Crippen LogP contribution in [0.5, 0.6) is 5.75 Å². The number of aromatic amines is 1. The molecule has 0 amide bonds. The lowest BCUT2D eigenvalue weighted by Crippen LogP contribution is -2.22. The first-order valence-electron chi connectivity index (χ1n) is 10.9. The minimum absolute atomic E-state index is 0.182. The topological polar surface area (TPSA) is 92.9 Å². The fourth-order valence-corrected chi connectivity index (χ4v) is 4.67. The number of nitriles is 1. The SMILES string of the molecule is COc1cc(C)c2[nH]ccc2c1C(=O)c1nc2ccc(C#N)cc2n1COCC[Si](C)(C)C. The minimum atomic E-state index is -1.26. The van der Waals surface area contributed by atoms with E-state index in [1.54, 1.807) is 29.9 Å². The summed E-state index contributed by atoms with van der Waals surface area (Å²) in [5, 5.41) is 10.2. The highest BCUT2D eigenvalue weighted by Gasteiger charge is 2.26. The predicted octanol–water partition coefficient (Wildman–Crippen LogP) is 5.25. The molecule has 33 heavy (non-hydrogen) atoms. The maximum atomic E-state index is 13.9. The first-order valence-corrected chi connectivity index (χ1v) is 14.6. The molecule has 0 aliphatic heterocycles. The third kappa shape index (κ3) is 4.42. The Labute approximate surface area is 194 Å². The molecule has 0 radical (unpaired) electrons. The van der Waals surface area contributed by atoms with E-state index in [9.17, 15) is 10.1 Å². The van der Waals surface area contributed by atoms with Crippen LogP contribution in [0.25, 0.3) is 21.9 Å². The van der Waals surface area contributed by atoms with E-state index in [1.807, 2.05) is 25.3 Å². The summed E-state index contributed by atoms with van der Waals surface area (Å²) in [6, 6.07) is 12.1. The van der Waals surface area contributed by atoms with Gasteiger partial charge in [0.15, 0.2) is 5.82 Å². The van der Waals surface area contributed by atoms with Crippen molar-refractivity contribution in [2.75, 3.05) is 13.7 Å². The second-order valence-electron chi connectivity index (χ2n) is 9.39. The van der Waals surface area contributed by atoms with Gasteiger partial charge in [-0.3, -0.25) is 9.36 Å². The lowest BCUT2D eigenvalue weighted by molar-refractivity contribution is 0.0834. The quantitative estimate of drug-likeness (QED) is 0.220. The van der Waals surface area contributed by atoms with Crippen LogP contribution in [0.4, 0.5) is 0 Å². The van der Waals surface area contributed by atoms with E-state index < -0.39 is 8.07 Å². The first-order chi connectivity index (χ1) is 15.7. The van der Waals surface area contributed by atoms with Gasteiger partial charge in [0.05, 0.1) is 35.3 Å². The first kappa shape index (κ1) is 22.8. The number of rotatable bonds is 8. The van der Waals surface area contributed by atoms with Gasteiger partial charge in [0.25, 0.3) is 0 Å². The van der Waals surface area contributed by atoms with Gasteiger partial charge in [-0.2, -0.15) is 5.26 Å². The smallest absolute Gasteiger partial charge is 0.232 e. The van der Waals surface area contributed by atoms with Crippen LogP contribution in [-0.4, -0.2) is 42.1 Å². The highest BCUT2D eigenvalue weighted by molar-refractivity contribution is 6.76. The van der Waals surface area contributed by atoms with E-state index in [1.165, 1.54) is 0 Å². The molecule has 0 saturated carbocycles. The summed E-state index contributed by atoms with van der Waals surface area (Å²) in [5.41, 5.74) is 4.18. The molecule has 4 rings (SSSR count). The normalized spacial score (nSPS) is 11.8. The number of carbonyl (C=O) groups excluding carboxylic acids is 1. The summed E-state index contributed by atoms with van der Waals surface area (Å²) in [7, 11) is 0.305. The highest BCUT2D eigenvalue weighted by atomic mass is 28.3. The number of fused-ring (bicyclic) bond motifs is 2. The number of aromatic nitrogens is 3. The molecule has 2 aromatic heterocycles. The molecule has 0 bridgehead atoms. The Hall–Kier alpha value is -3.41. The van der Waals surface area contributed by atoms with E-state index in [-0.39, 0.29) is 18.3 Å². The van der Waals surface area contributed by atoms with Gasteiger partial charge in [-0.05, 0) is 48.9 Å². The Morgan fingerprint density at radius 2 is 2.03 bits per heavy atom. The zero-order chi connectivity index (χ0) is 23.8. The number of nitrogens with one attached hydrogen (secondary N) is 1. The van der Waals surface area contributed by atoms with Crippen molar-refractivity contribution in [2.45, 2.75) is 39.3 Å². The molecule has 8 heteroatoms. The van der Waals surface area contributed by atoms with Crippen molar-refractivity contribution in [3.63, 3.8) is 0 Å². The molecule has 0 aliphatic carbocycles.